The smallest absolute Gasteiger partial charge is 0.262 e. The standard InChI is InChI=1S/C22H20Cl2N2O4S/c1-26(14-16-5-3-2-4-6-16)31(28,29)19-10-8-18(9-11-19)30-15-22(27)25-21-12-7-17(23)13-20(21)24/h2-13H,14-15H2,1H3,(H,25,27). The van der Waals surface area contributed by atoms with Crippen LogP contribution in [0, 0.1) is 0 Å². The minimum absolute atomic E-state index is 0.135. The molecular formula is C22H20Cl2N2O4S. The first-order chi connectivity index (χ1) is 14.8. The van der Waals surface area contributed by atoms with E-state index in [4.69, 9.17) is 27.9 Å². The van der Waals surface area contributed by atoms with E-state index < -0.39 is 15.9 Å². The lowest BCUT2D eigenvalue weighted by atomic mass is 10.2. The number of ether oxygens (including phenoxy) is 1. The minimum atomic E-state index is -3.66. The quantitative estimate of drug-likeness (QED) is 0.502. The summed E-state index contributed by atoms with van der Waals surface area (Å²) >= 11 is 11.9. The van der Waals surface area contributed by atoms with Gasteiger partial charge in [0.15, 0.2) is 6.61 Å². The van der Waals surface area contributed by atoms with E-state index in [-0.39, 0.29) is 18.0 Å². The number of carbonyl (C=O) groups is 1. The third-order valence-corrected chi connectivity index (χ3v) is 6.72. The number of nitrogens with zero attached hydrogens (tertiary/aromatic N) is 1. The molecule has 0 unspecified atom stereocenters. The lowest BCUT2D eigenvalue weighted by Gasteiger charge is -2.17. The fraction of sp³-hybridized carbons (Fsp3) is 0.136. The van der Waals surface area contributed by atoms with Crippen molar-refractivity contribution in [1.29, 1.82) is 0 Å². The van der Waals surface area contributed by atoms with Crippen molar-refractivity contribution in [2.75, 3.05) is 19.0 Å². The Labute approximate surface area is 191 Å². The maximum absolute atomic E-state index is 12.8. The fourth-order valence-electron chi connectivity index (χ4n) is 2.74. The van der Waals surface area contributed by atoms with E-state index in [0.29, 0.717) is 21.5 Å². The van der Waals surface area contributed by atoms with Gasteiger partial charge in [0.05, 0.1) is 15.6 Å². The molecule has 0 radical (unpaired) electrons. The van der Waals surface area contributed by atoms with Crippen molar-refractivity contribution in [2.45, 2.75) is 11.4 Å². The molecule has 0 spiro atoms. The fourth-order valence-corrected chi connectivity index (χ4v) is 4.35. The molecule has 3 rings (SSSR count). The van der Waals surface area contributed by atoms with Gasteiger partial charge in [-0.05, 0) is 48.0 Å². The number of halogens is 2. The summed E-state index contributed by atoms with van der Waals surface area (Å²) in [6, 6.07) is 20.0. The molecule has 0 saturated heterocycles. The predicted octanol–water partition coefficient (Wildman–Crippen LogP) is 4.83. The Hall–Kier alpha value is -2.58. The second-order valence-electron chi connectivity index (χ2n) is 6.68. The lowest BCUT2D eigenvalue weighted by molar-refractivity contribution is -0.118. The number of sulfonamides is 1. The third-order valence-electron chi connectivity index (χ3n) is 4.36. The van der Waals surface area contributed by atoms with Crippen LogP contribution in [0.2, 0.25) is 10.0 Å². The van der Waals surface area contributed by atoms with Gasteiger partial charge in [-0.1, -0.05) is 53.5 Å². The van der Waals surface area contributed by atoms with Crippen LogP contribution >= 0.6 is 23.2 Å². The number of benzene rings is 3. The molecule has 0 bridgehead atoms. The first kappa shape index (κ1) is 23.1. The summed E-state index contributed by atoms with van der Waals surface area (Å²) in [6.07, 6.45) is 0. The van der Waals surface area contributed by atoms with Gasteiger partial charge in [-0.25, -0.2) is 8.42 Å². The largest absolute Gasteiger partial charge is 0.484 e. The number of anilines is 1. The van der Waals surface area contributed by atoms with Gasteiger partial charge < -0.3 is 10.1 Å². The van der Waals surface area contributed by atoms with Crippen molar-refractivity contribution in [2.24, 2.45) is 0 Å². The number of amides is 1. The summed E-state index contributed by atoms with van der Waals surface area (Å²) in [5, 5.41) is 3.40. The number of rotatable bonds is 8. The number of nitrogens with one attached hydrogen (secondary N) is 1. The van der Waals surface area contributed by atoms with Crippen molar-refractivity contribution in [3.63, 3.8) is 0 Å². The Balaban J connectivity index is 1.58. The van der Waals surface area contributed by atoms with Crippen LogP contribution in [0.25, 0.3) is 0 Å². The second kappa shape index (κ2) is 10.2. The zero-order valence-corrected chi connectivity index (χ0v) is 18.9. The van der Waals surface area contributed by atoms with Gasteiger partial charge in [0.2, 0.25) is 10.0 Å². The van der Waals surface area contributed by atoms with E-state index in [0.717, 1.165) is 5.56 Å². The Kier molecular flexibility index (Phi) is 7.56. The van der Waals surface area contributed by atoms with E-state index in [2.05, 4.69) is 5.32 Å². The Morgan fingerprint density at radius 2 is 1.68 bits per heavy atom. The van der Waals surface area contributed by atoms with E-state index in [1.54, 1.807) is 12.1 Å². The molecule has 0 aliphatic carbocycles. The molecule has 3 aromatic rings. The summed E-state index contributed by atoms with van der Waals surface area (Å²) in [6.45, 7) is -0.00614. The van der Waals surface area contributed by atoms with Gasteiger partial charge in [0, 0.05) is 18.6 Å². The highest BCUT2D eigenvalue weighted by Crippen LogP contribution is 2.25. The summed E-state index contributed by atoms with van der Waals surface area (Å²) in [5.41, 5.74) is 1.31. The molecule has 1 amide bonds. The highest BCUT2D eigenvalue weighted by atomic mass is 35.5. The average Bonchev–Trinajstić information content (AvgIpc) is 2.75. The van der Waals surface area contributed by atoms with Crippen molar-refractivity contribution >= 4 is 44.8 Å². The van der Waals surface area contributed by atoms with Crippen LogP contribution in [0.3, 0.4) is 0 Å². The van der Waals surface area contributed by atoms with Crippen LogP contribution in [0.5, 0.6) is 5.75 Å². The highest BCUT2D eigenvalue weighted by Gasteiger charge is 2.21. The highest BCUT2D eigenvalue weighted by molar-refractivity contribution is 7.89. The molecule has 6 nitrogen and oxygen atoms in total. The average molecular weight is 479 g/mol. The molecule has 0 aromatic heterocycles. The number of hydrogen-bond acceptors (Lipinski definition) is 4. The molecule has 0 aliphatic heterocycles. The van der Waals surface area contributed by atoms with Gasteiger partial charge in [0.25, 0.3) is 5.91 Å². The van der Waals surface area contributed by atoms with E-state index in [1.807, 2.05) is 30.3 Å². The molecular weight excluding hydrogens is 459 g/mol. The minimum Gasteiger partial charge on any atom is -0.484 e. The predicted molar refractivity (Wildman–Crippen MR) is 122 cm³/mol. The van der Waals surface area contributed by atoms with Crippen LogP contribution in [0.15, 0.2) is 77.7 Å². The first-order valence-electron chi connectivity index (χ1n) is 9.24. The van der Waals surface area contributed by atoms with Gasteiger partial charge in [-0.3, -0.25) is 4.79 Å². The van der Waals surface area contributed by atoms with Crippen LogP contribution in [0.4, 0.5) is 5.69 Å². The van der Waals surface area contributed by atoms with Gasteiger partial charge in [0.1, 0.15) is 5.75 Å². The zero-order chi connectivity index (χ0) is 22.4. The van der Waals surface area contributed by atoms with Crippen molar-refractivity contribution in [1.82, 2.24) is 4.31 Å². The molecule has 1 N–H and O–H groups in total. The van der Waals surface area contributed by atoms with E-state index >= 15 is 0 Å². The molecule has 0 atom stereocenters. The van der Waals surface area contributed by atoms with E-state index in [9.17, 15) is 13.2 Å². The van der Waals surface area contributed by atoms with Crippen LogP contribution < -0.4 is 10.1 Å². The van der Waals surface area contributed by atoms with Gasteiger partial charge >= 0.3 is 0 Å². The zero-order valence-electron chi connectivity index (χ0n) is 16.6. The topological polar surface area (TPSA) is 75.7 Å². The molecule has 3 aromatic carbocycles. The normalized spacial score (nSPS) is 11.4. The van der Waals surface area contributed by atoms with Gasteiger partial charge in [-0.2, -0.15) is 4.31 Å². The number of carbonyl (C=O) groups excluding carboxylic acids is 1. The van der Waals surface area contributed by atoms with Crippen molar-refractivity contribution in [3.8, 4) is 5.75 Å². The van der Waals surface area contributed by atoms with Crippen molar-refractivity contribution < 1.29 is 17.9 Å². The summed E-state index contributed by atoms with van der Waals surface area (Å²) in [5.74, 6) is -0.0504. The SMILES string of the molecule is CN(Cc1ccccc1)S(=O)(=O)c1ccc(OCC(=O)Nc2ccc(Cl)cc2Cl)cc1. The molecule has 162 valence electrons. The summed E-state index contributed by atoms with van der Waals surface area (Å²) in [4.78, 5) is 12.2. The first-order valence-corrected chi connectivity index (χ1v) is 11.4. The molecule has 0 aliphatic rings. The van der Waals surface area contributed by atoms with Crippen molar-refractivity contribution in [3.05, 3.63) is 88.4 Å². The summed E-state index contributed by atoms with van der Waals surface area (Å²) in [7, 11) is -2.13. The van der Waals surface area contributed by atoms with Gasteiger partial charge in [-0.15, -0.1) is 0 Å². The Morgan fingerprint density at radius 1 is 1.00 bits per heavy atom. The summed E-state index contributed by atoms with van der Waals surface area (Å²) < 4.78 is 32.3. The van der Waals surface area contributed by atoms with E-state index in [1.165, 1.54) is 41.7 Å². The second-order valence-corrected chi connectivity index (χ2v) is 9.57. The maximum Gasteiger partial charge on any atom is 0.262 e. The lowest BCUT2D eigenvalue weighted by Crippen LogP contribution is -2.26. The number of hydrogen-bond donors (Lipinski definition) is 1. The maximum atomic E-state index is 12.8. The van der Waals surface area contributed by atoms with Crippen LogP contribution in [-0.4, -0.2) is 32.3 Å². The monoisotopic (exact) mass is 478 g/mol. The molecule has 31 heavy (non-hydrogen) atoms. The molecule has 0 heterocycles. The Morgan fingerprint density at radius 3 is 2.32 bits per heavy atom. The third kappa shape index (κ3) is 6.21. The van der Waals surface area contributed by atoms with Crippen LogP contribution in [0.1, 0.15) is 5.56 Å². The Bertz CT molecular complexity index is 1150. The molecule has 9 heteroatoms. The molecule has 0 saturated carbocycles. The molecule has 0 fully saturated rings. The van der Waals surface area contributed by atoms with Crippen LogP contribution in [-0.2, 0) is 21.4 Å².